The molecule has 1 atom stereocenters. The van der Waals surface area contributed by atoms with Crippen molar-refractivity contribution in [1.82, 2.24) is 4.98 Å². The summed E-state index contributed by atoms with van der Waals surface area (Å²) in [5, 5.41) is 0. The molecule has 0 saturated heterocycles. The van der Waals surface area contributed by atoms with Crippen LogP contribution in [0.3, 0.4) is 0 Å². The fraction of sp³-hybridized carbons (Fsp3) is 0.667. The zero-order valence-electron chi connectivity index (χ0n) is 10.7. The molecule has 0 amide bonds. The second kappa shape index (κ2) is 6.39. The van der Waals surface area contributed by atoms with Crippen molar-refractivity contribution >= 4 is 5.97 Å². The van der Waals surface area contributed by atoms with Gasteiger partial charge in [-0.15, -0.1) is 0 Å². The van der Waals surface area contributed by atoms with Gasteiger partial charge in [-0.25, -0.2) is 9.78 Å². The molecule has 0 aliphatic heterocycles. The first-order valence-electron chi connectivity index (χ1n) is 5.69. The Morgan fingerprint density at radius 1 is 1.47 bits per heavy atom. The maximum atomic E-state index is 11.7. The summed E-state index contributed by atoms with van der Waals surface area (Å²) in [6, 6.07) is 0. The molecular formula is C12H19NO4. The van der Waals surface area contributed by atoms with Crippen molar-refractivity contribution in [1.29, 1.82) is 0 Å². The van der Waals surface area contributed by atoms with Gasteiger partial charge in [0.25, 0.3) is 0 Å². The molecule has 0 radical (unpaired) electrons. The maximum absolute atomic E-state index is 11.7. The number of esters is 1. The van der Waals surface area contributed by atoms with E-state index in [1.165, 1.54) is 6.39 Å². The zero-order chi connectivity index (χ0) is 12.8. The Morgan fingerprint density at radius 2 is 2.18 bits per heavy atom. The van der Waals surface area contributed by atoms with Gasteiger partial charge in [-0.1, -0.05) is 13.8 Å². The van der Waals surface area contributed by atoms with Crippen LogP contribution < -0.4 is 0 Å². The van der Waals surface area contributed by atoms with Crippen molar-refractivity contribution in [3.05, 3.63) is 17.8 Å². The van der Waals surface area contributed by atoms with Crippen molar-refractivity contribution in [3.63, 3.8) is 0 Å². The monoisotopic (exact) mass is 241 g/mol. The fourth-order valence-corrected chi connectivity index (χ4v) is 1.32. The number of hydrogen-bond donors (Lipinski definition) is 0. The van der Waals surface area contributed by atoms with Gasteiger partial charge in [-0.2, -0.15) is 0 Å². The van der Waals surface area contributed by atoms with Crippen LogP contribution in [0.15, 0.2) is 10.8 Å². The molecule has 96 valence electrons. The number of carbonyl (C=O) groups is 1. The molecule has 0 fully saturated rings. The number of rotatable bonds is 6. The third-order valence-corrected chi connectivity index (χ3v) is 2.47. The van der Waals surface area contributed by atoms with Crippen LogP contribution in [-0.2, 0) is 9.47 Å². The van der Waals surface area contributed by atoms with E-state index in [0.717, 1.165) is 0 Å². The van der Waals surface area contributed by atoms with Gasteiger partial charge in [-0.05, 0) is 6.92 Å². The summed E-state index contributed by atoms with van der Waals surface area (Å²) >= 11 is 0. The molecule has 0 N–H and O–H groups in total. The molecule has 5 heteroatoms. The van der Waals surface area contributed by atoms with Gasteiger partial charge in [0.05, 0.1) is 12.7 Å². The predicted octanol–water partition coefficient (Wildman–Crippen LogP) is 2.38. The first-order valence-corrected chi connectivity index (χ1v) is 5.69. The lowest BCUT2D eigenvalue weighted by molar-refractivity contribution is 0.0383. The lowest BCUT2D eigenvalue weighted by atomic mass is 10.1. The number of oxazole rings is 1. The standard InChI is InChI=1S/C12H19NO4/c1-8(2)11-10(13-7-17-11)12(14)16-6-5-9(3)15-4/h7-9H,5-6H2,1-4H3. The number of nitrogens with zero attached hydrogens (tertiary/aromatic N) is 1. The molecule has 17 heavy (non-hydrogen) atoms. The largest absolute Gasteiger partial charge is 0.461 e. The predicted molar refractivity (Wildman–Crippen MR) is 62.0 cm³/mol. The topological polar surface area (TPSA) is 61.6 Å². The highest BCUT2D eigenvalue weighted by atomic mass is 16.5. The van der Waals surface area contributed by atoms with Crippen LogP contribution in [0, 0.1) is 0 Å². The number of methoxy groups -OCH3 is 1. The van der Waals surface area contributed by atoms with Crippen molar-refractivity contribution in [2.24, 2.45) is 0 Å². The summed E-state index contributed by atoms with van der Waals surface area (Å²) in [7, 11) is 1.63. The molecule has 0 bridgehead atoms. The Morgan fingerprint density at radius 3 is 2.76 bits per heavy atom. The number of carbonyl (C=O) groups excluding carboxylic acids is 1. The number of aromatic nitrogens is 1. The Hall–Kier alpha value is -1.36. The van der Waals surface area contributed by atoms with Gasteiger partial charge < -0.3 is 13.9 Å². The van der Waals surface area contributed by atoms with Crippen molar-refractivity contribution < 1.29 is 18.7 Å². The molecule has 0 aliphatic rings. The molecule has 1 unspecified atom stereocenters. The number of ether oxygens (including phenoxy) is 2. The minimum absolute atomic E-state index is 0.0738. The van der Waals surface area contributed by atoms with Gasteiger partial charge in [0.1, 0.15) is 5.76 Å². The molecule has 1 heterocycles. The third-order valence-electron chi connectivity index (χ3n) is 2.47. The minimum atomic E-state index is -0.439. The van der Waals surface area contributed by atoms with E-state index in [1.807, 2.05) is 20.8 Å². The summed E-state index contributed by atoms with van der Waals surface area (Å²) in [5.74, 6) is 0.235. The quantitative estimate of drug-likeness (QED) is 0.715. The van der Waals surface area contributed by atoms with Crippen LogP contribution in [0.1, 0.15) is 49.4 Å². The van der Waals surface area contributed by atoms with Crippen LogP contribution in [0.25, 0.3) is 0 Å². The molecule has 1 aromatic rings. The zero-order valence-corrected chi connectivity index (χ0v) is 10.7. The molecular weight excluding hydrogens is 222 g/mol. The molecule has 0 aromatic carbocycles. The maximum Gasteiger partial charge on any atom is 0.360 e. The summed E-state index contributed by atoms with van der Waals surface area (Å²) in [4.78, 5) is 15.6. The normalized spacial score (nSPS) is 12.8. The van der Waals surface area contributed by atoms with Gasteiger partial charge in [-0.3, -0.25) is 0 Å². The van der Waals surface area contributed by atoms with E-state index in [4.69, 9.17) is 13.9 Å². The van der Waals surface area contributed by atoms with E-state index in [2.05, 4.69) is 4.98 Å². The van der Waals surface area contributed by atoms with Gasteiger partial charge in [0.15, 0.2) is 12.1 Å². The van der Waals surface area contributed by atoms with E-state index in [0.29, 0.717) is 18.8 Å². The van der Waals surface area contributed by atoms with E-state index >= 15 is 0 Å². The second-order valence-electron chi connectivity index (χ2n) is 4.19. The molecule has 1 rings (SSSR count). The summed E-state index contributed by atoms with van der Waals surface area (Å²) < 4.78 is 15.3. The second-order valence-corrected chi connectivity index (χ2v) is 4.19. The van der Waals surface area contributed by atoms with Crippen molar-refractivity contribution in [3.8, 4) is 0 Å². The molecule has 0 saturated carbocycles. The number of hydrogen-bond acceptors (Lipinski definition) is 5. The fourth-order valence-electron chi connectivity index (χ4n) is 1.32. The molecule has 0 aliphatic carbocycles. The van der Waals surface area contributed by atoms with Crippen LogP contribution in [0.2, 0.25) is 0 Å². The van der Waals surface area contributed by atoms with Gasteiger partial charge >= 0.3 is 5.97 Å². The molecule has 5 nitrogen and oxygen atoms in total. The third kappa shape index (κ3) is 3.85. The SMILES string of the molecule is COC(C)CCOC(=O)c1ncoc1C(C)C. The summed E-state index contributed by atoms with van der Waals surface area (Å²) in [6.07, 6.45) is 2.01. The van der Waals surface area contributed by atoms with Gasteiger partial charge in [0.2, 0.25) is 0 Å². The first-order chi connectivity index (χ1) is 8.06. The lowest BCUT2D eigenvalue weighted by Crippen LogP contribution is -2.14. The van der Waals surface area contributed by atoms with Crippen molar-refractivity contribution in [2.45, 2.75) is 39.2 Å². The van der Waals surface area contributed by atoms with Crippen LogP contribution >= 0.6 is 0 Å². The summed E-state index contributed by atoms with van der Waals surface area (Å²) in [6.45, 7) is 6.11. The highest BCUT2D eigenvalue weighted by Crippen LogP contribution is 2.18. The summed E-state index contributed by atoms with van der Waals surface area (Å²) in [5.41, 5.74) is 0.269. The van der Waals surface area contributed by atoms with Crippen molar-refractivity contribution in [2.75, 3.05) is 13.7 Å². The average molecular weight is 241 g/mol. The van der Waals surface area contributed by atoms with Crippen LogP contribution in [0.4, 0.5) is 0 Å². The average Bonchev–Trinajstić information content (AvgIpc) is 2.77. The van der Waals surface area contributed by atoms with E-state index in [1.54, 1.807) is 7.11 Å². The van der Waals surface area contributed by atoms with Crippen LogP contribution in [0.5, 0.6) is 0 Å². The highest BCUT2D eigenvalue weighted by Gasteiger charge is 2.20. The van der Waals surface area contributed by atoms with E-state index in [9.17, 15) is 4.79 Å². The molecule has 0 spiro atoms. The van der Waals surface area contributed by atoms with Crippen LogP contribution in [-0.4, -0.2) is 30.8 Å². The Bertz CT molecular complexity index is 359. The molecule has 1 aromatic heterocycles. The minimum Gasteiger partial charge on any atom is -0.461 e. The van der Waals surface area contributed by atoms with E-state index < -0.39 is 5.97 Å². The Balaban J connectivity index is 2.50. The Kier molecular flexibility index (Phi) is 5.15. The highest BCUT2D eigenvalue weighted by molar-refractivity contribution is 5.88. The van der Waals surface area contributed by atoms with E-state index in [-0.39, 0.29) is 17.7 Å². The first kappa shape index (κ1) is 13.7. The van der Waals surface area contributed by atoms with Gasteiger partial charge in [0, 0.05) is 19.4 Å². The smallest absolute Gasteiger partial charge is 0.360 e. The lowest BCUT2D eigenvalue weighted by Gasteiger charge is -2.09. The Labute approximate surface area is 101 Å².